The van der Waals surface area contributed by atoms with Gasteiger partial charge in [0.25, 0.3) is 5.91 Å². The van der Waals surface area contributed by atoms with E-state index in [1.165, 1.54) is 51.6 Å². The van der Waals surface area contributed by atoms with Gasteiger partial charge in [-0.2, -0.15) is 0 Å². The van der Waals surface area contributed by atoms with Crippen LogP contribution in [0.3, 0.4) is 0 Å². The van der Waals surface area contributed by atoms with E-state index in [0.717, 1.165) is 40.2 Å². The molecule has 3 N–H and O–H groups in total. The van der Waals surface area contributed by atoms with Crippen molar-refractivity contribution in [3.8, 4) is 5.75 Å². The third-order valence-corrected chi connectivity index (χ3v) is 7.80. The van der Waals surface area contributed by atoms with Crippen LogP contribution in [-0.2, 0) is 0 Å². The maximum Gasteiger partial charge on any atom is 0.274 e. The van der Waals surface area contributed by atoms with E-state index in [1.807, 2.05) is 36.4 Å². The van der Waals surface area contributed by atoms with E-state index in [2.05, 4.69) is 34.5 Å². The minimum absolute atomic E-state index is 0.417. The predicted octanol–water partition coefficient (Wildman–Crippen LogP) is 5.42. The van der Waals surface area contributed by atoms with E-state index >= 15 is 0 Å². The highest BCUT2D eigenvalue weighted by Crippen LogP contribution is 2.27. The van der Waals surface area contributed by atoms with E-state index in [9.17, 15) is 4.79 Å². The Morgan fingerprint density at radius 2 is 1.68 bits per heavy atom. The molecule has 0 atom stereocenters. The van der Waals surface area contributed by atoms with Crippen LogP contribution in [0.15, 0.2) is 72.3 Å². The molecule has 1 amide bonds. The quantitative estimate of drug-likeness (QED) is 0.271. The van der Waals surface area contributed by atoms with E-state index in [-0.39, 0.29) is 0 Å². The number of hydrogen-bond acceptors (Lipinski definition) is 5. The zero-order valence-electron chi connectivity index (χ0n) is 21.4. The second-order valence-electron chi connectivity index (χ2n) is 10.3. The van der Waals surface area contributed by atoms with Crippen LogP contribution in [0.25, 0.3) is 16.8 Å². The van der Waals surface area contributed by atoms with E-state index in [1.54, 1.807) is 17.6 Å². The first-order valence-electron chi connectivity index (χ1n) is 13.5. The van der Waals surface area contributed by atoms with Gasteiger partial charge in [-0.25, -0.2) is 5.48 Å². The summed E-state index contributed by atoms with van der Waals surface area (Å²) in [6.45, 7) is 3.59. The van der Waals surface area contributed by atoms with Crippen molar-refractivity contribution in [2.24, 2.45) is 0 Å². The number of carbonyl (C=O) groups is 1. The van der Waals surface area contributed by atoms with Crippen LogP contribution in [0.4, 0.5) is 0 Å². The van der Waals surface area contributed by atoms with Gasteiger partial charge in [0, 0.05) is 29.6 Å². The highest BCUT2D eigenvalue weighted by atomic mass is 16.5. The fraction of sp³-hybridized carbons (Fsp3) is 0.387. The monoisotopic (exact) mass is 499 g/mol. The van der Waals surface area contributed by atoms with Crippen molar-refractivity contribution >= 4 is 22.8 Å². The number of fused-ring (bicyclic) bond motifs is 1. The fourth-order valence-electron chi connectivity index (χ4n) is 5.68. The first-order valence-corrected chi connectivity index (χ1v) is 13.5. The summed E-state index contributed by atoms with van der Waals surface area (Å²) in [6, 6.07) is 23.0. The molecule has 6 heteroatoms. The summed E-state index contributed by atoms with van der Waals surface area (Å²) in [5.74, 6) is 0.365. The van der Waals surface area contributed by atoms with Gasteiger partial charge in [0.05, 0.1) is 0 Å². The van der Waals surface area contributed by atoms with Crippen molar-refractivity contribution in [2.75, 3.05) is 26.2 Å². The molecule has 2 aliphatic rings. The van der Waals surface area contributed by atoms with Crippen LogP contribution in [-0.4, -0.2) is 54.3 Å². The summed E-state index contributed by atoms with van der Waals surface area (Å²) >= 11 is 0. The van der Waals surface area contributed by atoms with E-state index < -0.39 is 5.91 Å². The second kappa shape index (κ2) is 12.4. The molecule has 5 rings (SSSR count). The summed E-state index contributed by atoms with van der Waals surface area (Å²) in [6.07, 6.45) is 10.0. The van der Waals surface area contributed by atoms with Crippen LogP contribution in [0.2, 0.25) is 0 Å². The molecule has 1 aliphatic heterocycles. The average Bonchev–Trinajstić information content (AvgIpc) is 3.50. The second-order valence-corrected chi connectivity index (χ2v) is 10.3. The molecule has 3 aromatic rings. The Balaban J connectivity index is 1.26. The Bertz CT molecular complexity index is 1200. The summed E-state index contributed by atoms with van der Waals surface area (Å²) in [7, 11) is 0. The Hall–Kier alpha value is -3.19. The van der Waals surface area contributed by atoms with Crippen molar-refractivity contribution < 1.29 is 14.7 Å². The number of carbonyl (C=O) groups excluding carboxylic acids is 1. The molecular weight excluding hydrogens is 462 g/mol. The number of nitrogens with one attached hydrogen (secondary N) is 2. The lowest BCUT2D eigenvalue weighted by atomic mass is 10.0. The van der Waals surface area contributed by atoms with Gasteiger partial charge in [-0.3, -0.25) is 10.0 Å². The average molecular weight is 500 g/mol. The lowest BCUT2D eigenvalue weighted by Crippen LogP contribution is -2.46. The molecule has 3 aromatic carbocycles. The Kier molecular flexibility index (Phi) is 8.51. The van der Waals surface area contributed by atoms with Crippen LogP contribution in [0, 0.1) is 0 Å². The van der Waals surface area contributed by atoms with Crippen molar-refractivity contribution in [2.45, 2.75) is 50.6 Å². The summed E-state index contributed by atoms with van der Waals surface area (Å²) < 4.78 is 6.34. The SMILES string of the molecule is O=C(NO)c1ccc(/C=C(\CNC2CCN(C3CCCC3)CC2)COc2cccc3ccccc23)cc1. The lowest BCUT2D eigenvalue weighted by molar-refractivity contribution is 0.0706. The van der Waals surface area contributed by atoms with E-state index in [4.69, 9.17) is 9.94 Å². The molecule has 6 nitrogen and oxygen atoms in total. The Morgan fingerprint density at radius 1 is 0.946 bits per heavy atom. The largest absolute Gasteiger partial charge is 0.489 e. The molecule has 1 saturated heterocycles. The third kappa shape index (κ3) is 6.58. The van der Waals surface area contributed by atoms with Crippen molar-refractivity contribution in [1.29, 1.82) is 0 Å². The molecule has 0 spiro atoms. The van der Waals surface area contributed by atoms with Crippen LogP contribution < -0.4 is 15.5 Å². The number of likely N-dealkylation sites (tertiary alicyclic amines) is 1. The molecular formula is C31H37N3O3. The Morgan fingerprint density at radius 3 is 2.43 bits per heavy atom. The molecule has 2 fully saturated rings. The van der Waals surface area contributed by atoms with Crippen LogP contribution >= 0.6 is 0 Å². The minimum atomic E-state index is -0.513. The number of hydroxylamine groups is 1. The number of ether oxygens (including phenoxy) is 1. The number of nitrogens with zero attached hydrogens (tertiary/aromatic N) is 1. The third-order valence-electron chi connectivity index (χ3n) is 7.80. The van der Waals surface area contributed by atoms with E-state index in [0.29, 0.717) is 18.2 Å². The molecule has 1 heterocycles. The number of amides is 1. The zero-order valence-corrected chi connectivity index (χ0v) is 21.4. The van der Waals surface area contributed by atoms with Gasteiger partial charge in [-0.15, -0.1) is 0 Å². The molecule has 0 aromatic heterocycles. The lowest BCUT2D eigenvalue weighted by Gasteiger charge is -2.36. The minimum Gasteiger partial charge on any atom is -0.489 e. The molecule has 37 heavy (non-hydrogen) atoms. The molecule has 0 unspecified atom stereocenters. The molecule has 1 saturated carbocycles. The highest BCUT2D eigenvalue weighted by molar-refractivity contribution is 5.93. The van der Waals surface area contributed by atoms with Crippen LogP contribution in [0.5, 0.6) is 5.75 Å². The standard InChI is InChI=1S/C31H37N3O3/c35-31(33-36)26-14-12-23(13-15-26)20-24(22-37-30-11-5-7-25-6-1-4-10-29(25)30)21-32-27-16-18-34(19-17-27)28-8-2-3-9-28/h1,4-7,10-15,20,27-28,32,36H,2-3,8-9,16-19,21-22H2,(H,33,35)/b24-20+. The first kappa shape index (κ1) is 25.5. The molecule has 1 aliphatic carbocycles. The van der Waals surface area contributed by atoms with Gasteiger partial charge >= 0.3 is 0 Å². The van der Waals surface area contributed by atoms with Gasteiger partial charge < -0.3 is 15.0 Å². The maximum atomic E-state index is 11.7. The molecule has 0 radical (unpaired) electrons. The normalized spacial score (nSPS) is 17.8. The molecule has 194 valence electrons. The van der Waals surface area contributed by atoms with Gasteiger partial charge in [0.1, 0.15) is 12.4 Å². The smallest absolute Gasteiger partial charge is 0.274 e. The number of hydrogen-bond donors (Lipinski definition) is 3. The highest BCUT2D eigenvalue weighted by Gasteiger charge is 2.26. The summed E-state index contributed by atoms with van der Waals surface area (Å²) in [4.78, 5) is 14.4. The number of benzene rings is 3. The topological polar surface area (TPSA) is 73.8 Å². The maximum absolute atomic E-state index is 11.7. The van der Waals surface area contributed by atoms with Gasteiger partial charge in [0.2, 0.25) is 0 Å². The van der Waals surface area contributed by atoms with Gasteiger partial charge in [-0.1, -0.05) is 67.4 Å². The van der Waals surface area contributed by atoms with Crippen molar-refractivity contribution in [3.63, 3.8) is 0 Å². The van der Waals surface area contributed by atoms with Crippen LogP contribution in [0.1, 0.15) is 54.4 Å². The van der Waals surface area contributed by atoms with Gasteiger partial charge in [-0.05, 0) is 73.5 Å². The summed E-state index contributed by atoms with van der Waals surface area (Å²) in [5, 5.41) is 15.0. The van der Waals surface area contributed by atoms with Crippen molar-refractivity contribution in [1.82, 2.24) is 15.7 Å². The number of rotatable bonds is 9. The summed E-state index contributed by atoms with van der Waals surface area (Å²) in [5.41, 5.74) is 4.23. The first-order chi connectivity index (χ1) is 18.2. The Labute approximate surface area is 219 Å². The molecule has 0 bridgehead atoms. The van der Waals surface area contributed by atoms with Gasteiger partial charge in [0.15, 0.2) is 0 Å². The predicted molar refractivity (Wildman–Crippen MR) is 148 cm³/mol. The van der Waals surface area contributed by atoms with Crippen molar-refractivity contribution in [3.05, 3.63) is 83.4 Å². The number of piperidine rings is 1. The zero-order chi connectivity index (χ0) is 25.5. The fourth-order valence-corrected chi connectivity index (χ4v) is 5.68.